The summed E-state index contributed by atoms with van der Waals surface area (Å²) >= 11 is 3.41. The summed E-state index contributed by atoms with van der Waals surface area (Å²) < 4.78 is 16.6. The molecular weight excluding hydrogens is 336 g/mol. The molecule has 0 saturated heterocycles. The maximum atomic E-state index is 11.5. The Morgan fingerprint density at radius 1 is 1.25 bits per heavy atom. The Labute approximate surface area is 128 Å². The fourth-order valence-corrected chi connectivity index (χ4v) is 2.67. The highest BCUT2D eigenvalue weighted by Gasteiger charge is 2.12. The van der Waals surface area contributed by atoms with Crippen LogP contribution in [0.5, 0.6) is 0 Å². The van der Waals surface area contributed by atoms with Crippen molar-refractivity contribution >= 4 is 32.6 Å². The first kappa shape index (κ1) is 14.6. The highest BCUT2D eigenvalue weighted by molar-refractivity contribution is 9.10. The van der Waals surface area contributed by atoms with E-state index in [1.54, 1.807) is 12.1 Å². The third-order valence-corrected chi connectivity index (χ3v) is 3.55. The first-order chi connectivity index (χ1) is 9.61. The van der Waals surface area contributed by atoms with Crippen LogP contribution in [0.15, 0.2) is 57.4 Å². The molecule has 0 aromatic heterocycles. The molecule has 0 aliphatic rings. The zero-order chi connectivity index (χ0) is 14.5. The van der Waals surface area contributed by atoms with Gasteiger partial charge in [-0.05, 0) is 18.2 Å². The van der Waals surface area contributed by atoms with Crippen LogP contribution >= 0.6 is 15.9 Å². The monoisotopic (exact) mass is 346 g/mol. The quantitative estimate of drug-likeness (QED) is 0.799. The van der Waals surface area contributed by atoms with Crippen molar-refractivity contribution in [1.29, 1.82) is 5.26 Å². The summed E-state index contributed by atoms with van der Waals surface area (Å²) in [6, 6.07) is 16.9. The molecule has 20 heavy (non-hydrogen) atoms. The molecule has 1 atom stereocenters. The minimum Gasteiger partial charge on any atom is -0.235 e. The van der Waals surface area contributed by atoms with E-state index < -0.39 is 11.0 Å². The van der Waals surface area contributed by atoms with Crippen LogP contribution in [0.25, 0.3) is 0 Å². The highest BCUT2D eigenvalue weighted by atomic mass is 79.9. The van der Waals surface area contributed by atoms with E-state index in [1.165, 1.54) is 6.26 Å². The van der Waals surface area contributed by atoms with Crippen LogP contribution in [0, 0.1) is 11.3 Å². The fraction of sp³-hybridized carbons (Fsp3) is 0.0667. The third-order valence-electron chi connectivity index (χ3n) is 2.62. The van der Waals surface area contributed by atoms with Gasteiger partial charge in [-0.3, -0.25) is 0 Å². The van der Waals surface area contributed by atoms with Crippen molar-refractivity contribution in [3.8, 4) is 6.07 Å². The lowest BCUT2D eigenvalue weighted by Gasteiger charge is -2.08. The van der Waals surface area contributed by atoms with Crippen molar-refractivity contribution in [2.75, 3.05) is 6.26 Å². The number of benzene rings is 2. The SMILES string of the molecule is CS(=O)/N=C(\c1cccc(Br)c1)c1ccccc1C#N. The van der Waals surface area contributed by atoms with E-state index in [0.29, 0.717) is 16.8 Å². The number of hydrogen-bond donors (Lipinski definition) is 0. The Balaban J connectivity index is 2.67. The van der Waals surface area contributed by atoms with Crippen LogP contribution in [0.3, 0.4) is 0 Å². The molecule has 0 amide bonds. The van der Waals surface area contributed by atoms with Gasteiger partial charge >= 0.3 is 0 Å². The molecule has 1 unspecified atom stereocenters. The normalized spacial score (nSPS) is 12.8. The minimum absolute atomic E-state index is 0.511. The average Bonchev–Trinajstić information content (AvgIpc) is 2.44. The van der Waals surface area contributed by atoms with E-state index in [2.05, 4.69) is 26.4 Å². The average molecular weight is 347 g/mol. The van der Waals surface area contributed by atoms with Crippen LogP contribution in [0.1, 0.15) is 16.7 Å². The topological polar surface area (TPSA) is 53.2 Å². The molecule has 5 heteroatoms. The summed E-state index contributed by atoms with van der Waals surface area (Å²) in [6.07, 6.45) is 1.51. The number of halogens is 1. The van der Waals surface area contributed by atoms with E-state index >= 15 is 0 Å². The first-order valence-corrected chi connectivity index (χ1v) is 8.10. The second-order valence-corrected chi connectivity index (χ2v) is 5.98. The Hall–Kier alpha value is -1.77. The van der Waals surface area contributed by atoms with Crippen molar-refractivity contribution in [3.05, 3.63) is 69.7 Å². The number of hydrogen-bond acceptors (Lipinski definition) is 2. The zero-order valence-electron chi connectivity index (χ0n) is 10.7. The summed E-state index contributed by atoms with van der Waals surface area (Å²) in [5.41, 5.74) is 2.57. The van der Waals surface area contributed by atoms with Crippen molar-refractivity contribution in [2.24, 2.45) is 4.40 Å². The van der Waals surface area contributed by atoms with Gasteiger partial charge in [0.2, 0.25) is 0 Å². The summed E-state index contributed by atoms with van der Waals surface area (Å²) in [6.45, 7) is 0. The molecular formula is C15H11BrN2OS. The molecule has 0 N–H and O–H groups in total. The van der Waals surface area contributed by atoms with Gasteiger partial charge in [0.25, 0.3) is 0 Å². The Bertz CT molecular complexity index is 735. The van der Waals surface area contributed by atoms with Gasteiger partial charge in [-0.15, -0.1) is 0 Å². The van der Waals surface area contributed by atoms with Crippen molar-refractivity contribution < 1.29 is 4.21 Å². The molecule has 0 aliphatic heterocycles. The fourth-order valence-electron chi connectivity index (χ4n) is 1.81. The van der Waals surface area contributed by atoms with E-state index in [0.717, 1.165) is 10.0 Å². The molecule has 0 radical (unpaired) electrons. The molecule has 0 bridgehead atoms. The second-order valence-electron chi connectivity index (χ2n) is 4.03. The first-order valence-electron chi connectivity index (χ1n) is 5.79. The summed E-state index contributed by atoms with van der Waals surface area (Å²) in [5, 5.41) is 9.21. The van der Waals surface area contributed by atoms with E-state index in [-0.39, 0.29) is 0 Å². The molecule has 2 rings (SSSR count). The van der Waals surface area contributed by atoms with Crippen molar-refractivity contribution in [2.45, 2.75) is 0 Å². The minimum atomic E-state index is -1.35. The van der Waals surface area contributed by atoms with E-state index in [1.807, 2.05) is 36.4 Å². The zero-order valence-corrected chi connectivity index (χ0v) is 13.1. The predicted octanol–water partition coefficient (Wildman–Crippen LogP) is 3.45. The molecule has 3 nitrogen and oxygen atoms in total. The molecule has 2 aromatic carbocycles. The van der Waals surface area contributed by atoms with Gasteiger partial charge in [-0.1, -0.05) is 46.3 Å². The molecule has 0 fully saturated rings. The van der Waals surface area contributed by atoms with Crippen molar-refractivity contribution in [3.63, 3.8) is 0 Å². The van der Waals surface area contributed by atoms with Crippen molar-refractivity contribution in [1.82, 2.24) is 0 Å². The lowest BCUT2D eigenvalue weighted by Crippen LogP contribution is -2.07. The van der Waals surface area contributed by atoms with E-state index in [4.69, 9.17) is 0 Å². The smallest absolute Gasteiger partial charge is 0.136 e. The van der Waals surface area contributed by atoms with Crippen LogP contribution in [0.4, 0.5) is 0 Å². The molecule has 0 spiro atoms. The standard InChI is InChI=1S/C15H11BrN2OS/c1-20(19)18-15(11-6-4-7-13(16)9-11)14-8-3-2-5-12(14)10-17/h2-9H,1H3/b18-15+. The van der Waals surface area contributed by atoms with Gasteiger partial charge in [-0.2, -0.15) is 9.66 Å². The highest BCUT2D eigenvalue weighted by Crippen LogP contribution is 2.19. The molecule has 2 aromatic rings. The molecule has 100 valence electrons. The van der Waals surface area contributed by atoms with Crippen LogP contribution < -0.4 is 0 Å². The van der Waals surface area contributed by atoms with E-state index in [9.17, 15) is 9.47 Å². The summed E-state index contributed by atoms with van der Waals surface area (Å²) in [5.74, 6) is 0. The lowest BCUT2D eigenvalue weighted by atomic mass is 9.98. The van der Waals surface area contributed by atoms with Crippen LogP contribution in [0.2, 0.25) is 0 Å². The van der Waals surface area contributed by atoms with Gasteiger partial charge in [-0.25, -0.2) is 4.21 Å². The van der Waals surface area contributed by atoms with Gasteiger partial charge in [0.1, 0.15) is 11.0 Å². The van der Waals surface area contributed by atoms with Crippen LogP contribution in [-0.4, -0.2) is 16.2 Å². The number of rotatable bonds is 3. The Kier molecular flexibility index (Phi) is 4.83. The van der Waals surface area contributed by atoms with Gasteiger partial charge in [0.15, 0.2) is 0 Å². The molecule has 0 heterocycles. The van der Waals surface area contributed by atoms with Gasteiger partial charge < -0.3 is 0 Å². The Morgan fingerprint density at radius 3 is 2.65 bits per heavy atom. The van der Waals surface area contributed by atoms with Gasteiger partial charge in [0.05, 0.1) is 17.3 Å². The van der Waals surface area contributed by atoms with Gasteiger partial charge in [0, 0.05) is 21.9 Å². The maximum Gasteiger partial charge on any atom is 0.136 e. The molecule has 0 aliphatic carbocycles. The summed E-state index contributed by atoms with van der Waals surface area (Å²) in [4.78, 5) is 0. The number of nitriles is 1. The summed E-state index contributed by atoms with van der Waals surface area (Å²) in [7, 11) is -1.35. The predicted molar refractivity (Wildman–Crippen MR) is 85.0 cm³/mol. The molecule has 0 saturated carbocycles. The number of nitrogens with zero attached hydrogens (tertiary/aromatic N) is 2. The van der Waals surface area contributed by atoms with Crippen LogP contribution in [-0.2, 0) is 11.0 Å². The lowest BCUT2D eigenvalue weighted by molar-refractivity contribution is 0.688. The largest absolute Gasteiger partial charge is 0.235 e. The maximum absolute atomic E-state index is 11.5. The Morgan fingerprint density at radius 2 is 2.00 bits per heavy atom. The third kappa shape index (κ3) is 3.41. The second kappa shape index (κ2) is 6.60.